The van der Waals surface area contributed by atoms with Gasteiger partial charge in [0.1, 0.15) is 5.69 Å². The number of carbonyl (C=O) groups excluding carboxylic acids is 2. The summed E-state index contributed by atoms with van der Waals surface area (Å²) in [6, 6.07) is -0.297. The second-order valence-corrected chi connectivity index (χ2v) is 7.23. The average Bonchev–Trinajstić information content (AvgIpc) is 2.85. The van der Waals surface area contributed by atoms with Crippen molar-refractivity contribution in [3.8, 4) is 0 Å². The third-order valence-electron chi connectivity index (χ3n) is 4.55. The van der Waals surface area contributed by atoms with Crippen molar-refractivity contribution in [1.82, 2.24) is 9.88 Å². The Bertz CT molecular complexity index is 667. The standard InChI is InChI=1S/C16H20N2O4S/c1-9-14-11(3-2-4-12(14)19)17-15(9)16(22)18-5-6-23-8-10(18)7-13(20)21/h10,17H,2-8H2,1H3,(H,20,21). The number of amides is 1. The lowest BCUT2D eigenvalue weighted by atomic mass is 9.93. The first-order chi connectivity index (χ1) is 11.0. The molecule has 7 heteroatoms. The minimum absolute atomic E-state index is 0.0445. The van der Waals surface area contributed by atoms with Crippen LogP contribution in [-0.4, -0.2) is 56.7 Å². The Morgan fingerprint density at radius 3 is 2.87 bits per heavy atom. The number of aromatic amines is 1. The number of hydrogen-bond acceptors (Lipinski definition) is 4. The van der Waals surface area contributed by atoms with E-state index in [0.29, 0.717) is 35.5 Å². The van der Waals surface area contributed by atoms with Crippen LogP contribution in [0.5, 0.6) is 0 Å². The Hall–Kier alpha value is -1.76. The summed E-state index contributed by atoms with van der Waals surface area (Å²) in [5.41, 5.74) is 2.68. The number of carboxylic acid groups (broad SMARTS) is 1. The van der Waals surface area contributed by atoms with Crippen molar-refractivity contribution in [2.45, 2.75) is 38.6 Å². The lowest BCUT2D eigenvalue weighted by molar-refractivity contribution is -0.138. The van der Waals surface area contributed by atoms with Crippen molar-refractivity contribution in [2.75, 3.05) is 18.1 Å². The zero-order valence-electron chi connectivity index (χ0n) is 13.1. The van der Waals surface area contributed by atoms with Gasteiger partial charge in [-0.1, -0.05) is 0 Å². The van der Waals surface area contributed by atoms with E-state index in [9.17, 15) is 14.4 Å². The molecule has 0 aromatic carbocycles. The molecule has 1 saturated heterocycles. The van der Waals surface area contributed by atoms with Gasteiger partial charge in [-0.3, -0.25) is 14.4 Å². The van der Waals surface area contributed by atoms with Crippen LogP contribution in [0.15, 0.2) is 0 Å². The molecule has 1 fully saturated rings. The van der Waals surface area contributed by atoms with Crippen LogP contribution in [0.25, 0.3) is 0 Å². The summed E-state index contributed by atoms with van der Waals surface area (Å²) in [6.07, 6.45) is 2.07. The number of aryl methyl sites for hydroxylation is 1. The van der Waals surface area contributed by atoms with E-state index in [1.807, 2.05) is 0 Å². The number of Topliss-reactive ketones (excluding diaryl/α,β-unsaturated/α-hetero) is 1. The van der Waals surface area contributed by atoms with Gasteiger partial charge in [0.15, 0.2) is 5.78 Å². The summed E-state index contributed by atoms with van der Waals surface area (Å²) in [5.74, 6) is 0.455. The molecule has 1 aliphatic carbocycles. The van der Waals surface area contributed by atoms with Crippen LogP contribution in [-0.2, 0) is 11.2 Å². The minimum Gasteiger partial charge on any atom is -0.481 e. The van der Waals surface area contributed by atoms with Gasteiger partial charge in [0.2, 0.25) is 0 Å². The van der Waals surface area contributed by atoms with Crippen LogP contribution < -0.4 is 0 Å². The number of H-pyrrole nitrogens is 1. The van der Waals surface area contributed by atoms with E-state index in [-0.39, 0.29) is 24.2 Å². The van der Waals surface area contributed by atoms with Crippen LogP contribution in [0.3, 0.4) is 0 Å². The van der Waals surface area contributed by atoms with E-state index < -0.39 is 5.97 Å². The zero-order chi connectivity index (χ0) is 16.6. The Kier molecular flexibility index (Phi) is 4.48. The highest BCUT2D eigenvalue weighted by molar-refractivity contribution is 7.99. The molecule has 0 saturated carbocycles. The third-order valence-corrected chi connectivity index (χ3v) is 5.64. The fourth-order valence-corrected chi connectivity index (χ4v) is 4.49. The number of aliphatic carboxylic acids is 1. The highest BCUT2D eigenvalue weighted by atomic mass is 32.2. The number of carboxylic acids is 1. The Balaban J connectivity index is 1.90. The van der Waals surface area contributed by atoms with Crippen molar-refractivity contribution in [3.63, 3.8) is 0 Å². The van der Waals surface area contributed by atoms with E-state index >= 15 is 0 Å². The highest BCUT2D eigenvalue weighted by Gasteiger charge is 2.33. The van der Waals surface area contributed by atoms with Gasteiger partial charge in [-0.05, 0) is 25.3 Å². The van der Waals surface area contributed by atoms with Gasteiger partial charge in [-0.25, -0.2) is 0 Å². The number of nitrogens with one attached hydrogen (secondary N) is 1. The van der Waals surface area contributed by atoms with E-state index in [4.69, 9.17) is 5.11 Å². The van der Waals surface area contributed by atoms with Gasteiger partial charge in [-0.2, -0.15) is 11.8 Å². The lowest BCUT2D eigenvalue weighted by Crippen LogP contribution is -2.47. The molecule has 1 unspecified atom stereocenters. The fourth-order valence-electron chi connectivity index (χ4n) is 3.42. The maximum atomic E-state index is 12.9. The molecule has 0 spiro atoms. The molecule has 0 radical (unpaired) electrons. The summed E-state index contributed by atoms with van der Waals surface area (Å²) in [4.78, 5) is 40.9. The van der Waals surface area contributed by atoms with Gasteiger partial charge in [0.05, 0.1) is 12.5 Å². The van der Waals surface area contributed by atoms with E-state index in [0.717, 1.165) is 24.3 Å². The molecule has 1 atom stereocenters. The number of aromatic nitrogens is 1. The first kappa shape index (κ1) is 16.1. The molecule has 2 N–H and O–H groups in total. The van der Waals surface area contributed by atoms with Gasteiger partial charge in [0, 0.05) is 35.7 Å². The summed E-state index contributed by atoms with van der Waals surface area (Å²) < 4.78 is 0. The topological polar surface area (TPSA) is 90.5 Å². The summed E-state index contributed by atoms with van der Waals surface area (Å²) in [5, 5.41) is 9.06. The van der Waals surface area contributed by atoms with Crippen molar-refractivity contribution in [3.05, 3.63) is 22.5 Å². The molecule has 1 aliphatic heterocycles. The molecule has 0 bridgehead atoms. The molecule has 1 aromatic rings. The van der Waals surface area contributed by atoms with Crippen molar-refractivity contribution in [2.24, 2.45) is 0 Å². The van der Waals surface area contributed by atoms with Crippen molar-refractivity contribution < 1.29 is 19.5 Å². The molecule has 2 aliphatic rings. The number of thioether (sulfide) groups is 1. The zero-order valence-corrected chi connectivity index (χ0v) is 13.9. The summed E-state index contributed by atoms with van der Waals surface area (Å²) >= 11 is 1.67. The van der Waals surface area contributed by atoms with Gasteiger partial charge >= 0.3 is 5.97 Å². The number of nitrogens with zero attached hydrogens (tertiary/aromatic N) is 1. The average molecular weight is 336 g/mol. The number of hydrogen-bond donors (Lipinski definition) is 2. The monoisotopic (exact) mass is 336 g/mol. The summed E-state index contributed by atoms with van der Waals surface area (Å²) in [6.45, 7) is 2.34. The Morgan fingerprint density at radius 1 is 1.39 bits per heavy atom. The molecule has 6 nitrogen and oxygen atoms in total. The van der Waals surface area contributed by atoms with Crippen LogP contribution >= 0.6 is 11.8 Å². The Labute approximate surface area is 138 Å². The van der Waals surface area contributed by atoms with Gasteiger partial charge < -0.3 is 15.0 Å². The van der Waals surface area contributed by atoms with E-state index in [1.165, 1.54) is 0 Å². The maximum absolute atomic E-state index is 12.9. The SMILES string of the molecule is Cc1c(C(=O)N2CCSCC2CC(=O)O)[nH]c2c1C(=O)CCC2. The fraction of sp³-hybridized carbons (Fsp3) is 0.562. The van der Waals surface area contributed by atoms with Gasteiger partial charge in [-0.15, -0.1) is 0 Å². The molecule has 3 rings (SSSR count). The quantitative estimate of drug-likeness (QED) is 0.879. The third kappa shape index (κ3) is 3.02. The number of carbonyl (C=O) groups is 3. The molecule has 1 aromatic heterocycles. The second-order valence-electron chi connectivity index (χ2n) is 6.08. The van der Waals surface area contributed by atoms with Crippen molar-refractivity contribution in [1.29, 1.82) is 0 Å². The molecule has 124 valence electrons. The highest BCUT2D eigenvalue weighted by Crippen LogP contribution is 2.29. The molecular formula is C16H20N2O4S. The summed E-state index contributed by atoms with van der Waals surface area (Å²) in [7, 11) is 0. The lowest BCUT2D eigenvalue weighted by Gasteiger charge is -2.34. The molecular weight excluding hydrogens is 316 g/mol. The van der Waals surface area contributed by atoms with Crippen LogP contribution in [0.1, 0.15) is 51.4 Å². The number of fused-ring (bicyclic) bond motifs is 1. The van der Waals surface area contributed by atoms with Gasteiger partial charge in [0.25, 0.3) is 5.91 Å². The number of rotatable bonds is 3. The number of ketones is 1. The maximum Gasteiger partial charge on any atom is 0.305 e. The first-order valence-corrected chi connectivity index (χ1v) is 8.99. The van der Waals surface area contributed by atoms with Crippen LogP contribution in [0.4, 0.5) is 0 Å². The first-order valence-electron chi connectivity index (χ1n) is 7.84. The predicted octanol–water partition coefficient (Wildman–Crippen LogP) is 1.87. The van der Waals surface area contributed by atoms with Crippen LogP contribution in [0.2, 0.25) is 0 Å². The Morgan fingerprint density at radius 2 is 2.17 bits per heavy atom. The molecule has 1 amide bonds. The smallest absolute Gasteiger partial charge is 0.305 e. The predicted molar refractivity (Wildman–Crippen MR) is 87.2 cm³/mol. The molecule has 23 heavy (non-hydrogen) atoms. The minimum atomic E-state index is -0.895. The largest absolute Gasteiger partial charge is 0.481 e. The van der Waals surface area contributed by atoms with E-state index in [2.05, 4.69) is 4.98 Å². The normalized spacial score (nSPS) is 21.2. The van der Waals surface area contributed by atoms with Crippen molar-refractivity contribution >= 4 is 29.4 Å². The molecule has 2 heterocycles. The second kappa shape index (κ2) is 6.39. The van der Waals surface area contributed by atoms with E-state index in [1.54, 1.807) is 23.6 Å². The van der Waals surface area contributed by atoms with Crippen LogP contribution in [0, 0.1) is 6.92 Å².